The first-order valence-corrected chi connectivity index (χ1v) is 12.4. The van der Waals surface area contributed by atoms with E-state index in [1.54, 1.807) is 18.2 Å². The van der Waals surface area contributed by atoms with Gasteiger partial charge in [-0.15, -0.1) is 18.8 Å². The molecule has 0 saturated heterocycles. The van der Waals surface area contributed by atoms with Crippen LogP contribution in [0.4, 0.5) is 0 Å². The van der Waals surface area contributed by atoms with Crippen LogP contribution in [0.2, 0.25) is 0 Å². The van der Waals surface area contributed by atoms with E-state index in [4.69, 9.17) is 12.8 Å². The van der Waals surface area contributed by atoms with Crippen molar-refractivity contribution in [3.05, 3.63) is 36.5 Å². The molecule has 0 aromatic heterocycles. The monoisotopic (exact) mass is 436 g/mol. The van der Waals surface area contributed by atoms with Gasteiger partial charge in [0.1, 0.15) is 6.10 Å². The van der Waals surface area contributed by atoms with Crippen molar-refractivity contribution < 1.29 is 10.2 Å². The van der Waals surface area contributed by atoms with Gasteiger partial charge < -0.3 is 10.2 Å². The van der Waals surface area contributed by atoms with Gasteiger partial charge in [-0.2, -0.15) is 0 Å². The van der Waals surface area contributed by atoms with Crippen molar-refractivity contribution in [1.29, 1.82) is 0 Å². The molecule has 2 nitrogen and oxygen atoms in total. The molecule has 0 rings (SSSR count). The van der Waals surface area contributed by atoms with Crippen LogP contribution in [0, 0.1) is 36.5 Å². The molecular weight excluding hydrogens is 392 g/mol. The molecule has 0 aliphatic rings. The maximum Gasteiger partial charge on any atom is 0.133 e. The smallest absolute Gasteiger partial charge is 0.133 e. The molecule has 0 aromatic carbocycles. The number of terminal acetylenes is 2. The normalized spacial score (nSPS) is 13.1. The van der Waals surface area contributed by atoms with Gasteiger partial charge >= 0.3 is 0 Å². The van der Waals surface area contributed by atoms with Crippen LogP contribution in [0.25, 0.3) is 0 Å². The molecule has 0 bridgehead atoms. The third-order valence-corrected chi connectivity index (χ3v) is 5.21. The van der Waals surface area contributed by atoms with Gasteiger partial charge in [-0.1, -0.05) is 87.4 Å². The Kier molecular flexibility index (Phi) is 23.4. The predicted molar refractivity (Wildman–Crippen MR) is 139 cm³/mol. The van der Waals surface area contributed by atoms with E-state index in [1.165, 1.54) is 51.4 Å². The van der Waals surface area contributed by atoms with Crippen molar-refractivity contribution >= 4 is 0 Å². The summed E-state index contributed by atoms with van der Waals surface area (Å²) in [6, 6.07) is 0. The Balaban J connectivity index is 3.34. The molecule has 176 valence electrons. The number of hydrogen-bond acceptors (Lipinski definition) is 2. The zero-order valence-corrected chi connectivity index (χ0v) is 20.0. The van der Waals surface area contributed by atoms with Crippen molar-refractivity contribution in [1.82, 2.24) is 0 Å². The molecular formula is C30H44O2. The van der Waals surface area contributed by atoms with Gasteiger partial charge in [-0.3, -0.25) is 0 Å². The van der Waals surface area contributed by atoms with E-state index in [2.05, 4.69) is 35.8 Å². The van der Waals surface area contributed by atoms with Gasteiger partial charge in [-0.25, -0.2) is 0 Å². The lowest BCUT2D eigenvalue weighted by Gasteiger charge is -2.04. The summed E-state index contributed by atoms with van der Waals surface area (Å²) in [7, 11) is 0. The first-order valence-electron chi connectivity index (χ1n) is 12.4. The first kappa shape index (κ1) is 29.8. The summed E-state index contributed by atoms with van der Waals surface area (Å²) >= 11 is 0. The molecule has 0 saturated carbocycles. The molecule has 2 heteroatoms. The van der Waals surface area contributed by atoms with Crippen molar-refractivity contribution in [2.75, 3.05) is 0 Å². The fourth-order valence-corrected chi connectivity index (χ4v) is 3.29. The molecule has 0 aliphatic carbocycles. The third-order valence-electron chi connectivity index (χ3n) is 5.21. The summed E-state index contributed by atoms with van der Waals surface area (Å²) in [6.07, 6.45) is 38.6. The molecule has 0 aromatic rings. The Bertz CT molecular complexity index is 645. The van der Waals surface area contributed by atoms with Gasteiger partial charge in [0.05, 0.1) is 6.10 Å². The number of aliphatic hydroxyl groups is 2. The van der Waals surface area contributed by atoms with Crippen molar-refractivity contribution in [3.8, 4) is 36.5 Å². The third kappa shape index (κ3) is 24.1. The van der Waals surface area contributed by atoms with E-state index in [0.29, 0.717) is 0 Å². The van der Waals surface area contributed by atoms with E-state index >= 15 is 0 Å². The lowest BCUT2D eigenvalue weighted by molar-refractivity contribution is 0.208. The van der Waals surface area contributed by atoms with E-state index < -0.39 is 6.10 Å². The second kappa shape index (κ2) is 25.1. The minimum Gasteiger partial charge on any atom is -0.389 e. The van der Waals surface area contributed by atoms with Crippen LogP contribution in [-0.2, 0) is 0 Å². The van der Waals surface area contributed by atoms with Crippen LogP contribution in [0.15, 0.2) is 36.5 Å². The number of rotatable bonds is 19. The van der Waals surface area contributed by atoms with Crippen LogP contribution < -0.4 is 0 Å². The molecule has 0 radical (unpaired) electrons. The first-order chi connectivity index (χ1) is 15.7. The Hall–Kier alpha value is -2.18. The largest absolute Gasteiger partial charge is 0.389 e. The summed E-state index contributed by atoms with van der Waals surface area (Å²) in [6.45, 7) is 0. The van der Waals surface area contributed by atoms with E-state index in [0.717, 1.165) is 51.4 Å². The second-order valence-corrected chi connectivity index (χ2v) is 8.17. The van der Waals surface area contributed by atoms with Gasteiger partial charge in [0.25, 0.3) is 0 Å². The predicted octanol–water partition coefficient (Wildman–Crippen LogP) is 6.89. The highest BCUT2D eigenvalue weighted by atomic mass is 16.3. The number of unbranched alkanes of at least 4 members (excludes halogenated alkanes) is 12. The lowest BCUT2D eigenvalue weighted by atomic mass is 10.1. The summed E-state index contributed by atoms with van der Waals surface area (Å²) < 4.78 is 0. The zero-order chi connectivity index (χ0) is 23.5. The Labute approximate surface area is 198 Å². The van der Waals surface area contributed by atoms with Crippen LogP contribution in [0.3, 0.4) is 0 Å². The van der Waals surface area contributed by atoms with Crippen LogP contribution in [-0.4, -0.2) is 22.4 Å². The minimum absolute atomic E-state index is 0.386. The molecule has 2 atom stereocenters. The van der Waals surface area contributed by atoms with Crippen LogP contribution in [0.5, 0.6) is 0 Å². The Morgan fingerprint density at radius 3 is 1.97 bits per heavy atom. The Morgan fingerprint density at radius 1 is 0.656 bits per heavy atom. The molecule has 0 amide bonds. The number of aliphatic hydroxyl groups excluding tert-OH is 2. The SMILES string of the molecule is C#C/C=C/[C@@H](O)CCCCCCCCC/C=C/CC#CCCCCCC/C=C/[C@H](O)C#C. The molecule has 2 N–H and O–H groups in total. The fraction of sp³-hybridized carbons (Fsp3) is 0.600. The maximum atomic E-state index is 9.65. The van der Waals surface area contributed by atoms with Crippen LogP contribution >= 0.6 is 0 Å². The zero-order valence-electron chi connectivity index (χ0n) is 20.0. The van der Waals surface area contributed by atoms with Crippen molar-refractivity contribution in [2.45, 2.75) is 115 Å². The number of hydrogen-bond donors (Lipinski definition) is 2. The highest BCUT2D eigenvalue weighted by Crippen LogP contribution is 2.11. The topological polar surface area (TPSA) is 40.5 Å². The summed E-state index contributed by atoms with van der Waals surface area (Å²) in [5.41, 5.74) is 0. The van der Waals surface area contributed by atoms with Gasteiger partial charge in [0.15, 0.2) is 0 Å². The summed E-state index contributed by atoms with van der Waals surface area (Å²) in [5, 5.41) is 18.8. The van der Waals surface area contributed by atoms with E-state index in [-0.39, 0.29) is 6.10 Å². The summed E-state index contributed by atoms with van der Waals surface area (Å²) in [4.78, 5) is 0. The van der Waals surface area contributed by atoms with E-state index in [9.17, 15) is 10.2 Å². The van der Waals surface area contributed by atoms with Crippen LogP contribution in [0.1, 0.15) is 103 Å². The fourth-order valence-electron chi connectivity index (χ4n) is 3.29. The quantitative estimate of drug-likeness (QED) is 0.131. The molecule has 32 heavy (non-hydrogen) atoms. The van der Waals surface area contributed by atoms with Gasteiger partial charge in [0, 0.05) is 12.8 Å². The minimum atomic E-state index is -0.741. The molecule has 0 unspecified atom stereocenters. The van der Waals surface area contributed by atoms with Crippen molar-refractivity contribution in [3.63, 3.8) is 0 Å². The second-order valence-electron chi connectivity index (χ2n) is 8.17. The molecule has 0 heterocycles. The standard InChI is InChI=1S/C30H44O2/c1-3-5-26-30(32)28-25-23-21-19-17-15-13-11-9-7-6-8-10-12-14-16-18-20-22-24-27-29(31)4-2/h1-2,5,7,9,24,26-27,29-32H,6,11-23,25,28H2/b9-7+,26-5+,27-24+/t29-,30-/m1/s1. The van der Waals surface area contributed by atoms with Gasteiger partial charge in [-0.05, 0) is 56.8 Å². The highest BCUT2D eigenvalue weighted by Gasteiger charge is 1.98. The summed E-state index contributed by atoms with van der Waals surface area (Å²) in [5.74, 6) is 11.2. The average molecular weight is 437 g/mol. The number of allylic oxidation sites excluding steroid dienone is 4. The Morgan fingerprint density at radius 2 is 1.28 bits per heavy atom. The molecule has 0 aliphatic heterocycles. The molecule has 0 spiro atoms. The molecule has 0 fully saturated rings. The lowest BCUT2D eigenvalue weighted by Crippen LogP contribution is -2.01. The van der Waals surface area contributed by atoms with Gasteiger partial charge in [0.2, 0.25) is 0 Å². The van der Waals surface area contributed by atoms with E-state index in [1.807, 2.05) is 6.08 Å². The highest BCUT2D eigenvalue weighted by molar-refractivity contribution is 5.10. The average Bonchev–Trinajstić information content (AvgIpc) is 2.80. The van der Waals surface area contributed by atoms with Crippen molar-refractivity contribution in [2.24, 2.45) is 0 Å². The maximum absolute atomic E-state index is 9.65.